The smallest absolute Gasteiger partial charge is 0.168 e. The molecule has 1 saturated carbocycles. The zero-order valence-electron chi connectivity index (χ0n) is 7.23. The summed E-state index contributed by atoms with van der Waals surface area (Å²) in [7, 11) is -3.00. The molecule has 70 valence electrons. The molecule has 0 saturated heterocycles. The van der Waals surface area contributed by atoms with E-state index in [1.807, 2.05) is 0 Å². The number of nitrogens with two attached hydrogens (primary N) is 1. The van der Waals surface area contributed by atoms with Gasteiger partial charge in [-0.2, -0.15) is 0 Å². The summed E-state index contributed by atoms with van der Waals surface area (Å²) in [6.07, 6.45) is 6.27. The molecule has 1 aliphatic rings. The molecule has 0 unspecified atom stereocenters. The van der Waals surface area contributed by atoms with Crippen molar-refractivity contribution in [3.05, 3.63) is 11.5 Å². The van der Waals surface area contributed by atoms with Gasteiger partial charge < -0.3 is 5.73 Å². The van der Waals surface area contributed by atoms with E-state index in [1.165, 1.54) is 18.1 Å². The van der Waals surface area contributed by atoms with Gasteiger partial charge in [0.25, 0.3) is 0 Å². The fourth-order valence-corrected chi connectivity index (χ4v) is 1.68. The Balaban J connectivity index is 2.44. The van der Waals surface area contributed by atoms with Crippen LogP contribution in [0.25, 0.3) is 0 Å². The Morgan fingerprint density at radius 2 is 2.08 bits per heavy atom. The Kier molecular flexibility index (Phi) is 2.90. The normalized spacial score (nSPS) is 22.5. The van der Waals surface area contributed by atoms with Gasteiger partial charge in [-0.3, -0.25) is 0 Å². The van der Waals surface area contributed by atoms with Crippen LogP contribution in [-0.4, -0.2) is 20.7 Å². The van der Waals surface area contributed by atoms with Gasteiger partial charge in [0.2, 0.25) is 0 Å². The Labute approximate surface area is 73.6 Å². The van der Waals surface area contributed by atoms with Crippen molar-refractivity contribution in [3.8, 4) is 0 Å². The lowest BCUT2D eigenvalue weighted by Crippen LogP contribution is -2.32. The van der Waals surface area contributed by atoms with Crippen LogP contribution in [0, 0.1) is 5.92 Å². The molecule has 1 atom stereocenters. The van der Waals surface area contributed by atoms with Crippen LogP contribution in [0.5, 0.6) is 0 Å². The fourth-order valence-electron chi connectivity index (χ4n) is 1.22. The molecule has 1 fully saturated rings. The molecule has 1 rings (SSSR count). The Hall–Kier alpha value is -0.350. The zero-order chi connectivity index (χ0) is 9.19. The third kappa shape index (κ3) is 2.95. The number of hydrogen-bond acceptors (Lipinski definition) is 3. The van der Waals surface area contributed by atoms with Crippen molar-refractivity contribution < 1.29 is 8.42 Å². The quantitative estimate of drug-likeness (QED) is 0.710. The van der Waals surface area contributed by atoms with Crippen LogP contribution >= 0.6 is 0 Å². The average Bonchev–Trinajstić information content (AvgIpc) is 1.78. The Morgan fingerprint density at radius 3 is 2.42 bits per heavy atom. The van der Waals surface area contributed by atoms with E-state index in [4.69, 9.17) is 5.73 Å². The van der Waals surface area contributed by atoms with Crippen molar-refractivity contribution in [2.45, 2.75) is 25.3 Å². The van der Waals surface area contributed by atoms with Crippen LogP contribution in [0.3, 0.4) is 0 Å². The second-order valence-electron chi connectivity index (χ2n) is 3.43. The third-order valence-corrected chi connectivity index (χ3v) is 2.89. The molecular formula is C8H15NO2S. The molecule has 0 aliphatic heterocycles. The Morgan fingerprint density at radius 1 is 1.50 bits per heavy atom. The number of sulfone groups is 1. The molecule has 2 N–H and O–H groups in total. The first-order valence-corrected chi connectivity index (χ1v) is 6.08. The zero-order valence-corrected chi connectivity index (χ0v) is 8.05. The van der Waals surface area contributed by atoms with Crippen LogP contribution < -0.4 is 5.73 Å². The molecule has 0 bridgehead atoms. The Bertz CT molecular complexity index is 265. The summed E-state index contributed by atoms with van der Waals surface area (Å²) in [4.78, 5) is 0. The maximum Gasteiger partial charge on any atom is 0.168 e. The van der Waals surface area contributed by atoms with Crippen molar-refractivity contribution in [2.75, 3.05) is 6.26 Å². The molecule has 0 spiro atoms. The van der Waals surface area contributed by atoms with Gasteiger partial charge in [0, 0.05) is 17.7 Å². The van der Waals surface area contributed by atoms with Crippen LogP contribution in [0.1, 0.15) is 19.3 Å². The molecular weight excluding hydrogens is 174 g/mol. The molecule has 0 radical (unpaired) electrons. The van der Waals surface area contributed by atoms with Crippen molar-refractivity contribution in [1.29, 1.82) is 0 Å². The van der Waals surface area contributed by atoms with Gasteiger partial charge in [0.05, 0.1) is 0 Å². The minimum Gasteiger partial charge on any atom is -0.324 e. The van der Waals surface area contributed by atoms with Crippen molar-refractivity contribution in [2.24, 2.45) is 11.7 Å². The lowest BCUT2D eigenvalue weighted by Gasteiger charge is -2.29. The van der Waals surface area contributed by atoms with E-state index < -0.39 is 9.84 Å². The summed E-state index contributed by atoms with van der Waals surface area (Å²) in [6, 6.07) is -0.0755. The topological polar surface area (TPSA) is 60.2 Å². The van der Waals surface area contributed by atoms with Gasteiger partial charge in [-0.15, -0.1) is 0 Å². The van der Waals surface area contributed by atoms with E-state index in [0.717, 1.165) is 12.8 Å². The van der Waals surface area contributed by atoms with Gasteiger partial charge in [0.15, 0.2) is 9.84 Å². The first-order valence-electron chi connectivity index (χ1n) is 4.13. The van der Waals surface area contributed by atoms with Crippen molar-refractivity contribution in [1.82, 2.24) is 0 Å². The predicted molar refractivity (Wildman–Crippen MR) is 49.3 cm³/mol. The summed E-state index contributed by atoms with van der Waals surface area (Å²) in [5.41, 5.74) is 5.73. The average molecular weight is 189 g/mol. The molecule has 0 aromatic heterocycles. The molecule has 0 aromatic rings. The van der Waals surface area contributed by atoms with E-state index in [1.54, 1.807) is 6.08 Å². The van der Waals surface area contributed by atoms with E-state index in [2.05, 4.69) is 0 Å². The van der Waals surface area contributed by atoms with Gasteiger partial charge in [-0.1, -0.05) is 12.5 Å². The summed E-state index contributed by atoms with van der Waals surface area (Å²) in [5, 5.41) is 1.20. The van der Waals surface area contributed by atoms with E-state index in [0.29, 0.717) is 5.92 Å². The first-order chi connectivity index (χ1) is 5.49. The second kappa shape index (κ2) is 3.58. The molecule has 1 aliphatic carbocycles. The summed E-state index contributed by atoms with van der Waals surface area (Å²) in [5.74, 6) is 0.503. The monoisotopic (exact) mass is 189 g/mol. The summed E-state index contributed by atoms with van der Waals surface area (Å²) >= 11 is 0. The van der Waals surface area contributed by atoms with Crippen LogP contribution in [0.15, 0.2) is 11.5 Å². The highest BCUT2D eigenvalue weighted by atomic mass is 32.2. The predicted octanol–water partition coefficient (Wildman–Crippen LogP) is 0.672. The van der Waals surface area contributed by atoms with Crippen LogP contribution in [0.4, 0.5) is 0 Å². The van der Waals surface area contributed by atoms with Gasteiger partial charge in [-0.05, 0) is 18.8 Å². The maximum atomic E-state index is 10.7. The van der Waals surface area contributed by atoms with E-state index in [9.17, 15) is 8.42 Å². The molecule has 0 heterocycles. The molecule has 12 heavy (non-hydrogen) atoms. The maximum absolute atomic E-state index is 10.7. The second-order valence-corrected chi connectivity index (χ2v) is 5.36. The molecule has 4 heteroatoms. The minimum absolute atomic E-state index is 0.0755. The molecule has 3 nitrogen and oxygen atoms in total. The largest absolute Gasteiger partial charge is 0.324 e. The van der Waals surface area contributed by atoms with Crippen LogP contribution in [-0.2, 0) is 9.84 Å². The third-order valence-electron chi connectivity index (χ3n) is 2.24. The highest BCUT2D eigenvalue weighted by Gasteiger charge is 2.22. The van der Waals surface area contributed by atoms with E-state index in [-0.39, 0.29) is 6.04 Å². The van der Waals surface area contributed by atoms with E-state index >= 15 is 0 Å². The minimum atomic E-state index is -3.00. The molecule has 0 aromatic carbocycles. The van der Waals surface area contributed by atoms with Gasteiger partial charge in [-0.25, -0.2) is 8.42 Å². The van der Waals surface area contributed by atoms with Gasteiger partial charge in [0.1, 0.15) is 0 Å². The fraction of sp³-hybridized carbons (Fsp3) is 0.750. The van der Waals surface area contributed by atoms with Crippen LogP contribution in [0.2, 0.25) is 0 Å². The van der Waals surface area contributed by atoms with Crippen molar-refractivity contribution in [3.63, 3.8) is 0 Å². The van der Waals surface area contributed by atoms with Crippen molar-refractivity contribution >= 4 is 9.84 Å². The standard InChI is InChI=1S/C8H15NO2S/c1-12(10,11)6-5-8(9)7-3-2-4-7/h5-8H,2-4,9H2,1H3/b6-5+/t8-/m0/s1. The lowest BCUT2D eigenvalue weighted by molar-refractivity contribution is 0.289. The first kappa shape index (κ1) is 9.74. The summed E-state index contributed by atoms with van der Waals surface area (Å²) < 4.78 is 21.4. The molecule has 0 amide bonds. The lowest BCUT2D eigenvalue weighted by atomic mass is 9.80. The number of hydrogen-bond donors (Lipinski definition) is 1. The SMILES string of the molecule is CS(=O)(=O)/C=C/[C@H](N)C1CCC1. The summed E-state index contributed by atoms with van der Waals surface area (Å²) in [6.45, 7) is 0. The van der Waals surface area contributed by atoms with Gasteiger partial charge >= 0.3 is 0 Å². The number of rotatable bonds is 3. The highest BCUT2D eigenvalue weighted by molar-refractivity contribution is 7.93. The highest BCUT2D eigenvalue weighted by Crippen LogP contribution is 2.28.